The molecule has 118 valence electrons. The van der Waals surface area contributed by atoms with Gasteiger partial charge >= 0.3 is 0 Å². The molecule has 1 fully saturated rings. The molecule has 0 aromatic carbocycles. The topological polar surface area (TPSA) is 44.4 Å². The van der Waals surface area contributed by atoms with Crippen molar-refractivity contribution >= 4 is 5.91 Å². The maximum absolute atomic E-state index is 12.0. The molecule has 1 aliphatic rings. The maximum atomic E-state index is 12.0. The average Bonchev–Trinajstić information content (AvgIpc) is 2.44. The molecule has 1 saturated heterocycles. The van der Waals surface area contributed by atoms with Crippen LogP contribution in [-0.4, -0.2) is 49.1 Å². The van der Waals surface area contributed by atoms with Gasteiger partial charge in [-0.2, -0.15) is 0 Å². The molecule has 1 amide bonds. The molecule has 0 bridgehead atoms. The van der Waals surface area contributed by atoms with Crippen molar-refractivity contribution in [1.29, 1.82) is 0 Å². The summed E-state index contributed by atoms with van der Waals surface area (Å²) < 4.78 is 0. The highest BCUT2D eigenvalue weighted by Crippen LogP contribution is 2.19. The summed E-state index contributed by atoms with van der Waals surface area (Å²) in [6.07, 6.45) is 2.55. The van der Waals surface area contributed by atoms with Gasteiger partial charge in [0.05, 0.1) is 6.04 Å². The zero-order valence-corrected chi connectivity index (χ0v) is 13.9. The van der Waals surface area contributed by atoms with E-state index >= 15 is 0 Å². The summed E-state index contributed by atoms with van der Waals surface area (Å²) in [5.41, 5.74) is 0. The van der Waals surface area contributed by atoms with Crippen LogP contribution in [0.25, 0.3) is 0 Å². The monoisotopic (exact) mass is 283 g/mol. The van der Waals surface area contributed by atoms with E-state index in [1.54, 1.807) is 0 Å². The predicted octanol–water partition coefficient (Wildman–Crippen LogP) is 1.86. The van der Waals surface area contributed by atoms with E-state index in [0.717, 1.165) is 19.6 Å². The van der Waals surface area contributed by atoms with Gasteiger partial charge in [0, 0.05) is 19.1 Å². The Morgan fingerprint density at radius 2 is 2.00 bits per heavy atom. The fraction of sp³-hybridized carbons (Fsp3) is 0.938. The Balaban J connectivity index is 2.36. The first-order valence-electron chi connectivity index (χ1n) is 8.20. The molecule has 1 aliphatic heterocycles. The van der Waals surface area contributed by atoms with Gasteiger partial charge in [-0.3, -0.25) is 4.79 Å². The number of piperidine rings is 1. The number of nitrogens with zero attached hydrogens (tertiary/aromatic N) is 1. The maximum Gasteiger partial charge on any atom is 0.236 e. The Hall–Kier alpha value is -0.610. The van der Waals surface area contributed by atoms with E-state index in [4.69, 9.17) is 0 Å². The van der Waals surface area contributed by atoms with Crippen LogP contribution in [0, 0.1) is 11.8 Å². The van der Waals surface area contributed by atoms with E-state index in [-0.39, 0.29) is 11.9 Å². The van der Waals surface area contributed by atoms with Crippen LogP contribution in [0.2, 0.25) is 0 Å². The lowest BCUT2D eigenvalue weighted by molar-refractivity contribution is -0.123. The van der Waals surface area contributed by atoms with Gasteiger partial charge in [-0.25, -0.2) is 0 Å². The first kappa shape index (κ1) is 17.4. The van der Waals surface area contributed by atoms with E-state index in [0.29, 0.717) is 17.9 Å². The van der Waals surface area contributed by atoms with Crippen molar-refractivity contribution in [3.05, 3.63) is 0 Å². The standard InChI is InChI=1S/C16H33N3O/c1-6-19-9-7-8-15(11-19)13(4)18-14(5)16(20)17-10-12(2)3/h12-15,18H,6-11H2,1-5H3,(H,17,20). The lowest BCUT2D eigenvalue weighted by Crippen LogP contribution is -2.51. The largest absolute Gasteiger partial charge is 0.354 e. The molecule has 3 unspecified atom stereocenters. The minimum Gasteiger partial charge on any atom is -0.354 e. The average molecular weight is 283 g/mol. The molecule has 0 aliphatic carbocycles. The molecular weight excluding hydrogens is 250 g/mol. The van der Waals surface area contributed by atoms with Crippen LogP contribution >= 0.6 is 0 Å². The molecule has 2 N–H and O–H groups in total. The Bertz CT molecular complexity index is 293. The van der Waals surface area contributed by atoms with Crippen LogP contribution in [-0.2, 0) is 4.79 Å². The van der Waals surface area contributed by atoms with Gasteiger partial charge in [-0.15, -0.1) is 0 Å². The summed E-state index contributed by atoms with van der Waals surface area (Å²) >= 11 is 0. The van der Waals surface area contributed by atoms with Gasteiger partial charge in [0.1, 0.15) is 0 Å². The number of rotatable bonds is 7. The predicted molar refractivity (Wildman–Crippen MR) is 84.7 cm³/mol. The molecule has 4 nitrogen and oxygen atoms in total. The van der Waals surface area contributed by atoms with Crippen molar-refractivity contribution in [3.63, 3.8) is 0 Å². The molecule has 20 heavy (non-hydrogen) atoms. The third kappa shape index (κ3) is 5.80. The molecule has 0 radical (unpaired) electrons. The molecule has 1 heterocycles. The van der Waals surface area contributed by atoms with Crippen LogP contribution in [0.4, 0.5) is 0 Å². The normalized spacial score (nSPS) is 23.6. The third-order valence-electron chi connectivity index (χ3n) is 4.29. The number of carbonyl (C=O) groups is 1. The Labute approximate surface area is 124 Å². The molecule has 4 heteroatoms. The van der Waals surface area contributed by atoms with Crippen molar-refractivity contribution < 1.29 is 4.79 Å². The molecule has 0 spiro atoms. The molecule has 0 aromatic rings. The minimum absolute atomic E-state index is 0.110. The number of nitrogens with one attached hydrogen (secondary N) is 2. The zero-order valence-electron chi connectivity index (χ0n) is 13.9. The van der Waals surface area contributed by atoms with Crippen LogP contribution < -0.4 is 10.6 Å². The van der Waals surface area contributed by atoms with E-state index in [9.17, 15) is 4.79 Å². The Morgan fingerprint density at radius 3 is 2.60 bits per heavy atom. The van der Waals surface area contributed by atoms with E-state index < -0.39 is 0 Å². The van der Waals surface area contributed by atoms with Crippen LogP contribution in [0.1, 0.15) is 47.5 Å². The van der Waals surface area contributed by atoms with Crippen molar-refractivity contribution in [2.75, 3.05) is 26.2 Å². The molecule has 0 aromatic heterocycles. The lowest BCUT2D eigenvalue weighted by Gasteiger charge is -2.36. The summed E-state index contributed by atoms with van der Waals surface area (Å²) in [6, 6.07) is 0.282. The number of hydrogen-bond acceptors (Lipinski definition) is 3. The van der Waals surface area contributed by atoms with Crippen molar-refractivity contribution in [2.24, 2.45) is 11.8 Å². The van der Waals surface area contributed by atoms with Gasteiger partial charge in [-0.1, -0.05) is 20.8 Å². The highest BCUT2D eigenvalue weighted by atomic mass is 16.2. The molecular formula is C16H33N3O. The van der Waals surface area contributed by atoms with Crippen molar-refractivity contribution in [3.8, 4) is 0 Å². The summed E-state index contributed by atoms with van der Waals surface area (Å²) in [5, 5.41) is 6.48. The van der Waals surface area contributed by atoms with E-state index in [1.165, 1.54) is 19.4 Å². The summed E-state index contributed by atoms with van der Waals surface area (Å²) in [5.74, 6) is 1.28. The minimum atomic E-state index is -0.110. The van der Waals surface area contributed by atoms with E-state index in [2.05, 4.69) is 43.2 Å². The third-order valence-corrected chi connectivity index (χ3v) is 4.29. The lowest BCUT2D eigenvalue weighted by atomic mass is 9.91. The second-order valence-electron chi connectivity index (χ2n) is 6.61. The first-order valence-corrected chi connectivity index (χ1v) is 8.20. The summed E-state index contributed by atoms with van der Waals surface area (Å²) in [4.78, 5) is 14.5. The van der Waals surface area contributed by atoms with Gasteiger partial charge in [0.15, 0.2) is 0 Å². The van der Waals surface area contributed by atoms with Crippen LogP contribution in [0.15, 0.2) is 0 Å². The molecule has 1 rings (SSSR count). The molecule has 3 atom stereocenters. The second kappa shape index (κ2) is 8.63. The zero-order chi connectivity index (χ0) is 15.1. The number of likely N-dealkylation sites (tertiary alicyclic amines) is 1. The summed E-state index contributed by atoms with van der Waals surface area (Å²) in [7, 11) is 0. The van der Waals surface area contributed by atoms with Gasteiger partial charge < -0.3 is 15.5 Å². The molecule has 0 saturated carbocycles. The number of amides is 1. The van der Waals surface area contributed by atoms with E-state index in [1.807, 2.05) is 6.92 Å². The van der Waals surface area contributed by atoms with Gasteiger partial charge in [-0.05, 0) is 51.6 Å². The van der Waals surface area contributed by atoms with Crippen molar-refractivity contribution in [2.45, 2.75) is 59.5 Å². The van der Waals surface area contributed by atoms with Crippen LogP contribution in [0.5, 0.6) is 0 Å². The number of carbonyl (C=O) groups excluding carboxylic acids is 1. The number of hydrogen-bond donors (Lipinski definition) is 2. The van der Waals surface area contributed by atoms with Gasteiger partial charge in [0.2, 0.25) is 5.91 Å². The van der Waals surface area contributed by atoms with Gasteiger partial charge in [0.25, 0.3) is 0 Å². The quantitative estimate of drug-likeness (QED) is 0.749. The highest BCUT2D eigenvalue weighted by Gasteiger charge is 2.26. The SMILES string of the molecule is CCN1CCCC(C(C)NC(C)C(=O)NCC(C)C)C1. The fourth-order valence-electron chi connectivity index (χ4n) is 2.85. The Morgan fingerprint density at radius 1 is 1.30 bits per heavy atom. The smallest absolute Gasteiger partial charge is 0.236 e. The van der Waals surface area contributed by atoms with Crippen molar-refractivity contribution in [1.82, 2.24) is 15.5 Å². The summed E-state index contributed by atoms with van der Waals surface area (Å²) in [6.45, 7) is 14.9. The Kier molecular flexibility index (Phi) is 7.52. The highest BCUT2D eigenvalue weighted by molar-refractivity contribution is 5.81. The first-order chi connectivity index (χ1) is 9.43. The van der Waals surface area contributed by atoms with Crippen LogP contribution in [0.3, 0.4) is 0 Å². The second-order valence-corrected chi connectivity index (χ2v) is 6.61. The fourth-order valence-corrected chi connectivity index (χ4v) is 2.85.